The van der Waals surface area contributed by atoms with Gasteiger partial charge in [0.15, 0.2) is 0 Å². The standard InChI is InChI=1S/C11H24N2O2/c1-12(2)5-6-13(3)8-10-9-15-7-4-11(10)14/h10-11,14H,4-9H2,1-3H3. The molecular weight excluding hydrogens is 192 g/mol. The van der Waals surface area contributed by atoms with Gasteiger partial charge in [-0.1, -0.05) is 0 Å². The minimum absolute atomic E-state index is 0.180. The van der Waals surface area contributed by atoms with Gasteiger partial charge in [-0.25, -0.2) is 0 Å². The van der Waals surface area contributed by atoms with Gasteiger partial charge in [-0.2, -0.15) is 0 Å². The number of rotatable bonds is 5. The SMILES string of the molecule is CN(C)CCN(C)CC1COCCC1O. The molecule has 1 heterocycles. The molecule has 1 rings (SSSR count). The zero-order chi connectivity index (χ0) is 11.3. The second-order valence-electron chi connectivity index (χ2n) is 4.76. The third-order valence-electron chi connectivity index (χ3n) is 2.91. The van der Waals surface area contributed by atoms with E-state index in [1.54, 1.807) is 0 Å². The molecule has 4 heteroatoms. The molecule has 2 atom stereocenters. The van der Waals surface area contributed by atoms with Gasteiger partial charge in [0.2, 0.25) is 0 Å². The van der Waals surface area contributed by atoms with E-state index in [1.165, 1.54) is 0 Å². The number of hydrogen-bond donors (Lipinski definition) is 1. The Morgan fingerprint density at radius 3 is 2.60 bits per heavy atom. The lowest BCUT2D eigenvalue weighted by Gasteiger charge is -2.31. The van der Waals surface area contributed by atoms with Gasteiger partial charge in [0.05, 0.1) is 12.7 Å². The summed E-state index contributed by atoms with van der Waals surface area (Å²) in [5.41, 5.74) is 0. The lowest BCUT2D eigenvalue weighted by molar-refractivity contribution is -0.0446. The highest BCUT2D eigenvalue weighted by atomic mass is 16.5. The molecule has 0 aromatic heterocycles. The van der Waals surface area contributed by atoms with E-state index in [4.69, 9.17) is 4.74 Å². The maximum Gasteiger partial charge on any atom is 0.0624 e. The first-order valence-electron chi connectivity index (χ1n) is 5.68. The third kappa shape index (κ3) is 4.93. The van der Waals surface area contributed by atoms with Crippen LogP contribution in [0.5, 0.6) is 0 Å². The monoisotopic (exact) mass is 216 g/mol. The molecule has 2 unspecified atom stereocenters. The first kappa shape index (κ1) is 12.9. The highest BCUT2D eigenvalue weighted by Crippen LogP contribution is 2.15. The quantitative estimate of drug-likeness (QED) is 0.695. The lowest BCUT2D eigenvalue weighted by atomic mass is 9.98. The van der Waals surface area contributed by atoms with Crippen molar-refractivity contribution < 1.29 is 9.84 Å². The molecule has 90 valence electrons. The zero-order valence-electron chi connectivity index (χ0n) is 10.1. The van der Waals surface area contributed by atoms with Crippen LogP contribution in [0.15, 0.2) is 0 Å². The third-order valence-corrected chi connectivity index (χ3v) is 2.91. The van der Waals surface area contributed by atoms with Gasteiger partial charge in [0, 0.05) is 32.2 Å². The van der Waals surface area contributed by atoms with E-state index in [0.29, 0.717) is 13.2 Å². The van der Waals surface area contributed by atoms with Crippen LogP contribution < -0.4 is 0 Å². The molecule has 0 radical (unpaired) electrons. The maximum atomic E-state index is 9.78. The number of likely N-dealkylation sites (N-methyl/N-ethyl adjacent to an activating group) is 2. The smallest absolute Gasteiger partial charge is 0.0624 e. The Labute approximate surface area is 92.8 Å². The largest absolute Gasteiger partial charge is 0.393 e. The normalized spacial score (nSPS) is 27.6. The molecule has 0 bridgehead atoms. The van der Waals surface area contributed by atoms with Crippen LogP contribution in [0.25, 0.3) is 0 Å². The Morgan fingerprint density at radius 2 is 2.00 bits per heavy atom. The minimum Gasteiger partial charge on any atom is -0.393 e. The van der Waals surface area contributed by atoms with Crippen LogP contribution in [-0.2, 0) is 4.74 Å². The summed E-state index contributed by atoms with van der Waals surface area (Å²) in [7, 11) is 6.25. The lowest BCUT2D eigenvalue weighted by Crippen LogP contribution is -2.41. The average molecular weight is 216 g/mol. The molecule has 0 aromatic rings. The molecule has 0 aliphatic carbocycles. The van der Waals surface area contributed by atoms with Crippen LogP contribution in [0, 0.1) is 5.92 Å². The molecule has 1 aliphatic rings. The minimum atomic E-state index is -0.180. The van der Waals surface area contributed by atoms with Crippen molar-refractivity contribution in [1.82, 2.24) is 9.80 Å². The second kappa shape index (κ2) is 6.43. The summed E-state index contributed by atoms with van der Waals surface area (Å²) in [6, 6.07) is 0. The van der Waals surface area contributed by atoms with Crippen molar-refractivity contribution >= 4 is 0 Å². The van der Waals surface area contributed by atoms with Crippen LogP contribution in [0.1, 0.15) is 6.42 Å². The van der Waals surface area contributed by atoms with E-state index in [1.807, 2.05) is 0 Å². The summed E-state index contributed by atoms with van der Waals surface area (Å²) >= 11 is 0. The zero-order valence-corrected chi connectivity index (χ0v) is 10.1. The van der Waals surface area contributed by atoms with Gasteiger partial charge in [0.1, 0.15) is 0 Å². The first-order valence-corrected chi connectivity index (χ1v) is 5.68. The summed E-state index contributed by atoms with van der Waals surface area (Å²) in [5, 5.41) is 9.78. The van der Waals surface area contributed by atoms with Crippen LogP contribution in [0.3, 0.4) is 0 Å². The van der Waals surface area contributed by atoms with Crippen LogP contribution in [-0.4, -0.2) is 75.0 Å². The molecule has 0 saturated carbocycles. The van der Waals surface area contributed by atoms with Crippen molar-refractivity contribution in [3.05, 3.63) is 0 Å². The van der Waals surface area contributed by atoms with Crippen molar-refractivity contribution in [3.8, 4) is 0 Å². The number of nitrogens with zero attached hydrogens (tertiary/aromatic N) is 2. The van der Waals surface area contributed by atoms with Crippen molar-refractivity contribution in [3.63, 3.8) is 0 Å². The van der Waals surface area contributed by atoms with E-state index in [0.717, 1.165) is 26.1 Å². The molecule has 15 heavy (non-hydrogen) atoms. The summed E-state index contributed by atoms with van der Waals surface area (Å²) in [6.07, 6.45) is 0.604. The Morgan fingerprint density at radius 1 is 1.27 bits per heavy atom. The van der Waals surface area contributed by atoms with Crippen LogP contribution >= 0.6 is 0 Å². The van der Waals surface area contributed by atoms with E-state index < -0.39 is 0 Å². The Balaban J connectivity index is 2.20. The van der Waals surface area contributed by atoms with Gasteiger partial charge in [-0.15, -0.1) is 0 Å². The fraction of sp³-hybridized carbons (Fsp3) is 1.00. The highest BCUT2D eigenvalue weighted by Gasteiger charge is 2.24. The number of ether oxygens (including phenoxy) is 1. The van der Waals surface area contributed by atoms with Crippen molar-refractivity contribution in [1.29, 1.82) is 0 Å². The van der Waals surface area contributed by atoms with E-state index >= 15 is 0 Å². The van der Waals surface area contributed by atoms with Crippen LogP contribution in [0.4, 0.5) is 0 Å². The summed E-state index contributed by atoms with van der Waals surface area (Å²) in [5.74, 6) is 0.283. The fourth-order valence-electron chi connectivity index (χ4n) is 1.82. The molecule has 0 aromatic carbocycles. The predicted molar refractivity (Wildman–Crippen MR) is 61.0 cm³/mol. The summed E-state index contributed by atoms with van der Waals surface area (Å²) in [6.45, 7) is 4.43. The molecular formula is C11H24N2O2. The van der Waals surface area contributed by atoms with E-state index in [2.05, 4.69) is 30.9 Å². The second-order valence-corrected chi connectivity index (χ2v) is 4.76. The van der Waals surface area contributed by atoms with Gasteiger partial charge in [-0.05, 0) is 27.6 Å². The number of aliphatic hydroxyl groups is 1. The molecule has 1 aliphatic heterocycles. The topological polar surface area (TPSA) is 35.9 Å². The molecule has 0 amide bonds. The average Bonchev–Trinajstić information content (AvgIpc) is 2.18. The Kier molecular flexibility index (Phi) is 5.53. The first-order chi connectivity index (χ1) is 7.09. The Bertz CT molecular complexity index is 176. The summed E-state index contributed by atoms with van der Waals surface area (Å²) < 4.78 is 5.38. The van der Waals surface area contributed by atoms with Crippen molar-refractivity contribution in [2.75, 3.05) is 54.0 Å². The molecule has 1 N–H and O–H groups in total. The fourth-order valence-corrected chi connectivity index (χ4v) is 1.82. The van der Waals surface area contributed by atoms with Crippen molar-refractivity contribution in [2.45, 2.75) is 12.5 Å². The molecule has 1 fully saturated rings. The maximum absolute atomic E-state index is 9.78. The predicted octanol–water partition coefficient (Wildman–Crippen LogP) is -0.123. The van der Waals surface area contributed by atoms with Crippen molar-refractivity contribution in [2.24, 2.45) is 5.92 Å². The highest BCUT2D eigenvalue weighted by molar-refractivity contribution is 4.75. The van der Waals surface area contributed by atoms with E-state index in [9.17, 15) is 5.11 Å². The van der Waals surface area contributed by atoms with Gasteiger partial charge >= 0.3 is 0 Å². The van der Waals surface area contributed by atoms with Gasteiger partial charge in [0.25, 0.3) is 0 Å². The van der Waals surface area contributed by atoms with E-state index in [-0.39, 0.29) is 12.0 Å². The molecule has 4 nitrogen and oxygen atoms in total. The summed E-state index contributed by atoms with van der Waals surface area (Å²) in [4.78, 5) is 4.44. The number of hydrogen-bond acceptors (Lipinski definition) is 4. The number of aliphatic hydroxyl groups excluding tert-OH is 1. The van der Waals surface area contributed by atoms with Crippen LogP contribution in [0.2, 0.25) is 0 Å². The van der Waals surface area contributed by atoms with Gasteiger partial charge in [-0.3, -0.25) is 0 Å². The Hall–Kier alpha value is -0.160. The van der Waals surface area contributed by atoms with Gasteiger partial charge < -0.3 is 19.6 Å². The molecule has 1 saturated heterocycles. The molecule has 0 spiro atoms.